The van der Waals surface area contributed by atoms with Gasteiger partial charge >= 0.3 is 0 Å². The van der Waals surface area contributed by atoms with Crippen LogP contribution >= 0.6 is 11.8 Å². The first-order valence-corrected chi connectivity index (χ1v) is 4.76. The molecule has 12 heavy (non-hydrogen) atoms. The van der Waals surface area contributed by atoms with Gasteiger partial charge in [-0.3, -0.25) is 0 Å². The second-order valence-corrected chi connectivity index (χ2v) is 3.69. The van der Waals surface area contributed by atoms with Crippen molar-refractivity contribution in [1.82, 2.24) is 9.97 Å². The van der Waals surface area contributed by atoms with Gasteiger partial charge in [-0.05, 0) is 19.4 Å². The standard InChI is InChI=1S/C8H12N2OS/c1-6-3-9-8(10-4-6)12-5-7(2)11/h3-4,7,11H,5H2,1-2H3/t7-/m1/s1. The summed E-state index contributed by atoms with van der Waals surface area (Å²) in [6, 6.07) is 0. The summed E-state index contributed by atoms with van der Waals surface area (Å²) in [6.07, 6.45) is 3.24. The Bertz CT molecular complexity index is 235. The normalized spacial score (nSPS) is 12.9. The van der Waals surface area contributed by atoms with Crippen LogP contribution in [0.2, 0.25) is 0 Å². The first-order valence-electron chi connectivity index (χ1n) is 3.78. The van der Waals surface area contributed by atoms with Gasteiger partial charge in [0.2, 0.25) is 0 Å². The Morgan fingerprint density at radius 2 is 2.08 bits per heavy atom. The first-order chi connectivity index (χ1) is 5.68. The predicted octanol–water partition coefficient (Wildman–Crippen LogP) is 1.26. The maximum absolute atomic E-state index is 8.99. The summed E-state index contributed by atoms with van der Waals surface area (Å²) >= 11 is 1.46. The highest BCUT2D eigenvalue weighted by molar-refractivity contribution is 7.99. The van der Waals surface area contributed by atoms with Crippen molar-refractivity contribution < 1.29 is 5.11 Å². The van der Waals surface area contributed by atoms with Crippen molar-refractivity contribution in [3.63, 3.8) is 0 Å². The third kappa shape index (κ3) is 3.19. The Hall–Kier alpha value is -0.610. The molecule has 0 aliphatic carbocycles. The summed E-state index contributed by atoms with van der Waals surface area (Å²) in [4.78, 5) is 8.18. The van der Waals surface area contributed by atoms with Crippen LogP contribution in [0.1, 0.15) is 12.5 Å². The Balaban J connectivity index is 2.48. The molecular formula is C8H12N2OS. The van der Waals surface area contributed by atoms with Crippen molar-refractivity contribution in [2.24, 2.45) is 0 Å². The minimum Gasteiger partial charge on any atom is -0.393 e. The Labute approximate surface area is 76.2 Å². The number of aliphatic hydroxyl groups is 1. The molecule has 66 valence electrons. The lowest BCUT2D eigenvalue weighted by Gasteiger charge is -2.01. The molecule has 0 aliphatic rings. The molecule has 0 radical (unpaired) electrons. The van der Waals surface area contributed by atoms with Crippen LogP contribution in [-0.2, 0) is 0 Å². The van der Waals surface area contributed by atoms with Crippen LogP contribution in [0.5, 0.6) is 0 Å². The summed E-state index contributed by atoms with van der Waals surface area (Å²) in [5, 5.41) is 9.72. The van der Waals surface area contributed by atoms with E-state index >= 15 is 0 Å². The van der Waals surface area contributed by atoms with Gasteiger partial charge in [0.15, 0.2) is 5.16 Å². The molecule has 0 saturated carbocycles. The fraction of sp³-hybridized carbons (Fsp3) is 0.500. The van der Waals surface area contributed by atoms with Crippen LogP contribution in [0.25, 0.3) is 0 Å². The van der Waals surface area contributed by atoms with E-state index in [1.54, 1.807) is 19.3 Å². The van der Waals surface area contributed by atoms with Gasteiger partial charge in [-0.2, -0.15) is 0 Å². The van der Waals surface area contributed by atoms with Gasteiger partial charge in [-0.1, -0.05) is 11.8 Å². The second-order valence-electron chi connectivity index (χ2n) is 2.70. The van der Waals surface area contributed by atoms with Gasteiger partial charge < -0.3 is 5.11 Å². The van der Waals surface area contributed by atoms with Crippen molar-refractivity contribution in [3.8, 4) is 0 Å². The first kappa shape index (κ1) is 9.48. The summed E-state index contributed by atoms with van der Waals surface area (Å²) in [6.45, 7) is 3.70. The van der Waals surface area contributed by atoms with Gasteiger partial charge in [0, 0.05) is 18.1 Å². The predicted molar refractivity (Wildman–Crippen MR) is 49.2 cm³/mol. The van der Waals surface area contributed by atoms with Crippen molar-refractivity contribution in [1.29, 1.82) is 0 Å². The van der Waals surface area contributed by atoms with Crippen LogP contribution in [0.4, 0.5) is 0 Å². The summed E-state index contributed by atoms with van der Waals surface area (Å²) in [5.41, 5.74) is 1.05. The van der Waals surface area contributed by atoms with Gasteiger partial charge in [0.05, 0.1) is 6.10 Å². The zero-order valence-corrected chi connectivity index (χ0v) is 8.01. The van der Waals surface area contributed by atoms with E-state index in [1.807, 2.05) is 6.92 Å². The molecule has 3 nitrogen and oxygen atoms in total. The van der Waals surface area contributed by atoms with E-state index in [2.05, 4.69) is 9.97 Å². The second kappa shape index (κ2) is 4.42. The van der Waals surface area contributed by atoms with Crippen molar-refractivity contribution >= 4 is 11.8 Å². The largest absolute Gasteiger partial charge is 0.393 e. The van der Waals surface area contributed by atoms with Crippen molar-refractivity contribution in [3.05, 3.63) is 18.0 Å². The van der Waals surface area contributed by atoms with Crippen LogP contribution in [0.15, 0.2) is 17.6 Å². The monoisotopic (exact) mass is 184 g/mol. The molecule has 0 fully saturated rings. The minimum atomic E-state index is -0.306. The van der Waals surface area contributed by atoms with Crippen LogP contribution in [0, 0.1) is 6.92 Å². The van der Waals surface area contributed by atoms with E-state index in [1.165, 1.54) is 11.8 Å². The summed E-state index contributed by atoms with van der Waals surface area (Å²) < 4.78 is 0. The highest BCUT2D eigenvalue weighted by Gasteiger charge is 1.99. The molecule has 1 rings (SSSR count). The SMILES string of the molecule is Cc1cnc(SC[C@@H](C)O)nc1. The van der Waals surface area contributed by atoms with E-state index < -0.39 is 0 Å². The Kier molecular flexibility index (Phi) is 3.49. The topological polar surface area (TPSA) is 46.0 Å². The van der Waals surface area contributed by atoms with E-state index in [9.17, 15) is 0 Å². The minimum absolute atomic E-state index is 0.306. The third-order valence-electron chi connectivity index (χ3n) is 1.21. The summed E-state index contributed by atoms with van der Waals surface area (Å²) in [7, 11) is 0. The average Bonchev–Trinajstić information content (AvgIpc) is 2.03. The molecule has 1 aromatic heterocycles. The smallest absolute Gasteiger partial charge is 0.187 e. The Morgan fingerprint density at radius 3 is 2.58 bits per heavy atom. The number of nitrogens with zero attached hydrogens (tertiary/aromatic N) is 2. The van der Waals surface area contributed by atoms with Crippen LogP contribution < -0.4 is 0 Å². The molecule has 1 N–H and O–H groups in total. The lowest BCUT2D eigenvalue weighted by Crippen LogP contribution is -2.03. The maximum Gasteiger partial charge on any atom is 0.187 e. The van der Waals surface area contributed by atoms with Crippen molar-refractivity contribution in [2.75, 3.05) is 5.75 Å². The van der Waals surface area contributed by atoms with E-state index in [-0.39, 0.29) is 6.10 Å². The van der Waals surface area contributed by atoms with Crippen LogP contribution in [0.3, 0.4) is 0 Å². The quantitative estimate of drug-likeness (QED) is 0.567. The van der Waals surface area contributed by atoms with Gasteiger partial charge in [-0.25, -0.2) is 9.97 Å². The molecular weight excluding hydrogens is 172 g/mol. The lowest BCUT2D eigenvalue weighted by molar-refractivity contribution is 0.220. The fourth-order valence-electron chi connectivity index (χ4n) is 0.650. The van der Waals surface area contributed by atoms with Gasteiger partial charge in [0.25, 0.3) is 0 Å². The number of hydrogen-bond donors (Lipinski definition) is 1. The molecule has 4 heteroatoms. The highest BCUT2D eigenvalue weighted by atomic mass is 32.2. The number of hydrogen-bond acceptors (Lipinski definition) is 4. The maximum atomic E-state index is 8.99. The molecule has 0 amide bonds. The van der Waals surface area contributed by atoms with Crippen molar-refractivity contribution in [2.45, 2.75) is 25.1 Å². The van der Waals surface area contributed by atoms with E-state index in [0.29, 0.717) is 5.75 Å². The molecule has 0 unspecified atom stereocenters. The Morgan fingerprint density at radius 1 is 1.50 bits per heavy atom. The van der Waals surface area contributed by atoms with Crippen LogP contribution in [-0.4, -0.2) is 26.9 Å². The van der Waals surface area contributed by atoms with E-state index in [4.69, 9.17) is 5.11 Å². The number of aromatic nitrogens is 2. The number of aliphatic hydroxyl groups excluding tert-OH is 1. The zero-order chi connectivity index (χ0) is 8.97. The average molecular weight is 184 g/mol. The molecule has 1 heterocycles. The molecule has 0 spiro atoms. The summed E-state index contributed by atoms with van der Waals surface area (Å²) in [5.74, 6) is 0.642. The number of rotatable bonds is 3. The molecule has 0 aromatic carbocycles. The number of thioether (sulfide) groups is 1. The third-order valence-corrected chi connectivity index (χ3v) is 2.33. The molecule has 1 atom stereocenters. The molecule has 0 saturated heterocycles. The lowest BCUT2D eigenvalue weighted by atomic mass is 10.4. The van der Waals surface area contributed by atoms with Gasteiger partial charge in [0.1, 0.15) is 0 Å². The van der Waals surface area contributed by atoms with Gasteiger partial charge in [-0.15, -0.1) is 0 Å². The molecule has 1 aromatic rings. The van der Waals surface area contributed by atoms with E-state index in [0.717, 1.165) is 10.7 Å². The molecule has 0 bridgehead atoms. The number of aryl methyl sites for hydroxylation is 1. The fourth-order valence-corrected chi connectivity index (χ4v) is 1.30. The highest BCUT2D eigenvalue weighted by Crippen LogP contribution is 2.12. The molecule has 0 aliphatic heterocycles. The zero-order valence-electron chi connectivity index (χ0n) is 7.19.